The van der Waals surface area contributed by atoms with Crippen molar-refractivity contribution in [3.05, 3.63) is 85.1 Å². The molecule has 0 bridgehead atoms. The van der Waals surface area contributed by atoms with Crippen molar-refractivity contribution < 1.29 is 24.5 Å². The number of aliphatic hydroxyl groups excluding tert-OH is 2. The molecule has 6 nitrogen and oxygen atoms in total. The molecular weight excluding hydrogens is 863 g/mol. The van der Waals surface area contributed by atoms with Crippen molar-refractivity contribution in [1.82, 2.24) is 5.32 Å². The smallest absolute Gasteiger partial charge is 0.306 e. The molecule has 0 fully saturated rings. The lowest BCUT2D eigenvalue weighted by Crippen LogP contribution is -2.46. The van der Waals surface area contributed by atoms with E-state index in [-0.39, 0.29) is 24.9 Å². The Morgan fingerprint density at radius 1 is 0.414 bits per heavy atom. The van der Waals surface area contributed by atoms with Gasteiger partial charge in [0, 0.05) is 6.42 Å². The number of aliphatic hydroxyl groups is 2. The summed E-state index contributed by atoms with van der Waals surface area (Å²) in [6, 6.07) is -0.727. The van der Waals surface area contributed by atoms with Gasteiger partial charge in [-0.3, -0.25) is 9.59 Å². The van der Waals surface area contributed by atoms with Crippen LogP contribution in [0.1, 0.15) is 284 Å². The lowest BCUT2D eigenvalue weighted by molar-refractivity contribution is -0.151. The number of nitrogens with one attached hydrogen (secondary N) is 1. The Hall–Kier alpha value is -2.96. The summed E-state index contributed by atoms with van der Waals surface area (Å²) in [6.07, 6.45) is 75.0. The monoisotopic (exact) mass is 976 g/mol. The maximum absolute atomic E-state index is 13.3. The Morgan fingerprint density at radius 3 is 1.16 bits per heavy atom. The van der Waals surface area contributed by atoms with Crippen molar-refractivity contribution in [3.63, 3.8) is 0 Å². The molecule has 0 rings (SSSR count). The van der Waals surface area contributed by atoms with Crippen LogP contribution < -0.4 is 5.32 Å². The molecule has 3 unspecified atom stereocenters. The standard InChI is InChI=1S/C64H113NO5/c1-4-7-10-13-16-19-22-25-28-30-31-33-36-39-42-45-48-51-54-57-64(69)70-60(55-52-49-46-43-40-37-35-32-29-26-23-20-17-14-11-8-5-2)58-63(68)65-61(59-66)62(67)56-53-50-47-44-41-38-34-27-24-21-18-15-12-9-6-3/h16-17,19-20,25-26,28-29,31,33,35,37,43,46,60-62,66-67H,4-15,18,21-24,27,30,32,34,36,38-42,44-45,47-59H2,1-3H3,(H,65,68)/b19-16-,20-17-,28-25-,29-26-,33-31-,37-35-,46-43-. The van der Waals surface area contributed by atoms with E-state index in [0.29, 0.717) is 19.3 Å². The van der Waals surface area contributed by atoms with E-state index in [4.69, 9.17) is 4.74 Å². The minimum absolute atomic E-state index is 0.0316. The summed E-state index contributed by atoms with van der Waals surface area (Å²) in [5.41, 5.74) is 0. The largest absolute Gasteiger partial charge is 0.462 e. The molecule has 0 saturated heterocycles. The van der Waals surface area contributed by atoms with Crippen LogP contribution in [0.3, 0.4) is 0 Å². The van der Waals surface area contributed by atoms with Gasteiger partial charge in [0.2, 0.25) is 5.91 Å². The van der Waals surface area contributed by atoms with Gasteiger partial charge in [0.15, 0.2) is 0 Å². The Balaban J connectivity index is 4.68. The zero-order chi connectivity index (χ0) is 50.9. The first-order chi connectivity index (χ1) is 34.5. The van der Waals surface area contributed by atoms with Crippen molar-refractivity contribution in [2.24, 2.45) is 0 Å². The van der Waals surface area contributed by atoms with E-state index in [1.165, 1.54) is 148 Å². The number of hydrogen-bond donors (Lipinski definition) is 3. The molecule has 0 spiro atoms. The van der Waals surface area contributed by atoms with Crippen LogP contribution in [-0.4, -0.2) is 46.9 Å². The number of rotatable bonds is 53. The van der Waals surface area contributed by atoms with Gasteiger partial charge in [0.25, 0.3) is 0 Å². The number of ether oxygens (including phenoxy) is 1. The second kappa shape index (κ2) is 56.9. The SMILES string of the molecule is CCCCC/C=C\C/C=C\C/C=C\C/C=C\CCCC(CC(=O)NC(CO)C(O)CCCCCCCCCCCCCCCCC)OC(=O)CCCCCCCC/C=C\C/C=C\C/C=C\CCCCC. The molecule has 0 aromatic carbocycles. The number of hydrogen-bond acceptors (Lipinski definition) is 5. The summed E-state index contributed by atoms with van der Waals surface area (Å²) in [5, 5.41) is 23.9. The van der Waals surface area contributed by atoms with Gasteiger partial charge >= 0.3 is 5.97 Å². The maximum atomic E-state index is 13.3. The van der Waals surface area contributed by atoms with E-state index in [9.17, 15) is 19.8 Å². The quantitative estimate of drug-likeness (QED) is 0.0321. The summed E-state index contributed by atoms with van der Waals surface area (Å²) >= 11 is 0. The zero-order valence-electron chi connectivity index (χ0n) is 46.1. The van der Waals surface area contributed by atoms with Crippen molar-refractivity contribution in [1.29, 1.82) is 0 Å². The first kappa shape index (κ1) is 67.0. The highest BCUT2D eigenvalue weighted by Crippen LogP contribution is 2.17. The summed E-state index contributed by atoms with van der Waals surface area (Å²) < 4.78 is 5.94. The highest BCUT2D eigenvalue weighted by atomic mass is 16.5. The van der Waals surface area contributed by atoms with Crippen molar-refractivity contribution in [2.45, 2.75) is 302 Å². The number of esters is 1. The second-order valence-corrected chi connectivity index (χ2v) is 20.0. The minimum atomic E-state index is -0.810. The van der Waals surface area contributed by atoms with Gasteiger partial charge < -0.3 is 20.3 Å². The highest BCUT2D eigenvalue weighted by Gasteiger charge is 2.24. The van der Waals surface area contributed by atoms with Gasteiger partial charge in [-0.15, -0.1) is 0 Å². The lowest BCUT2D eigenvalue weighted by Gasteiger charge is -2.24. The molecule has 0 aliphatic heterocycles. The molecular formula is C64H113NO5. The number of unbranched alkanes of at least 4 members (excludes halogenated alkanes) is 27. The number of carbonyl (C=O) groups excluding carboxylic acids is 2. The van der Waals surface area contributed by atoms with Gasteiger partial charge in [0.1, 0.15) is 6.10 Å². The maximum Gasteiger partial charge on any atom is 0.306 e. The third-order valence-electron chi connectivity index (χ3n) is 13.2. The fraction of sp³-hybridized carbons (Fsp3) is 0.750. The topological polar surface area (TPSA) is 95.9 Å². The summed E-state index contributed by atoms with van der Waals surface area (Å²) in [6.45, 7) is 6.43. The zero-order valence-corrected chi connectivity index (χ0v) is 46.1. The first-order valence-corrected chi connectivity index (χ1v) is 29.8. The van der Waals surface area contributed by atoms with E-state index in [2.05, 4.69) is 111 Å². The van der Waals surface area contributed by atoms with Crippen molar-refractivity contribution >= 4 is 11.9 Å². The predicted molar refractivity (Wildman–Crippen MR) is 305 cm³/mol. The number of carbonyl (C=O) groups is 2. The van der Waals surface area contributed by atoms with E-state index in [1.54, 1.807) is 0 Å². The van der Waals surface area contributed by atoms with Gasteiger partial charge in [-0.2, -0.15) is 0 Å². The van der Waals surface area contributed by atoms with Gasteiger partial charge in [-0.05, 0) is 103 Å². The van der Waals surface area contributed by atoms with Crippen molar-refractivity contribution in [3.8, 4) is 0 Å². The predicted octanol–water partition coefficient (Wildman–Crippen LogP) is 18.7. The second-order valence-electron chi connectivity index (χ2n) is 20.0. The van der Waals surface area contributed by atoms with Crippen molar-refractivity contribution in [2.75, 3.05) is 6.61 Å². The lowest BCUT2D eigenvalue weighted by atomic mass is 10.0. The Bertz CT molecular complexity index is 1330. The number of allylic oxidation sites excluding steroid dienone is 14. The first-order valence-electron chi connectivity index (χ1n) is 29.8. The molecule has 0 aromatic heterocycles. The van der Waals surface area contributed by atoms with Crippen LogP contribution in [0.25, 0.3) is 0 Å². The van der Waals surface area contributed by atoms with Gasteiger partial charge in [-0.25, -0.2) is 0 Å². The van der Waals surface area contributed by atoms with Crippen LogP contribution in [0.4, 0.5) is 0 Å². The molecule has 0 saturated carbocycles. The molecule has 1 amide bonds. The average molecular weight is 977 g/mol. The molecule has 404 valence electrons. The van der Waals surface area contributed by atoms with Crippen LogP contribution in [-0.2, 0) is 14.3 Å². The van der Waals surface area contributed by atoms with Crippen LogP contribution in [0, 0.1) is 0 Å². The van der Waals surface area contributed by atoms with Crippen LogP contribution in [0.2, 0.25) is 0 Å². The van der Waals surface area contributed by atoms with Crippen LogP contribution >= 0.6 is 0 Å². The normalized spacial score (nSPS) is 13.7. The third kappa shape index (κ3) is 51.4. The van der Waals surface area contributed by atoms with Gasteiger partial charge in [-0.1, -0.05) is 254 Å². The van der Waals surface area contributed by atoms with Crippen LogP contribution in [0.15, 0.2) is 85.1 Å². The Morgan fingerprint density at radius 2 is 0.743 bits per heavy atom. The summed E-state index contributed by atoms with van der Waals surface area (Å²) in [4.78, 5) is 26.3. The molecule has 3 N–H and O–H groups in total. The van der Waals surface area contributed by atoms with E-state index in [1.807, 2.05) is 0 Å². The fourth-order valence-corrected chi connectivity index (χ4v) is 8.66. The summed E-state index contributed by atoms with van der Waals surface area (Å²) in [5.74, 6) is -0.540. The fourth-order valence-electron chi connectivity index (χ4n) is 8.66. The molecule has 0 aliphatic carbocycles. The van der Waals surface area contributed by atoms with E-state index in [0.717, 1.165) is 89.9 Å². The summed E-state index contributed by atoms with van der Waals surface area (Å²) in [7, 11) is 0. The van der Waals surface area contributed by atoms with E-state index >= 15 is 0 Å². The molecule has 70 heavy (non-hydrogen) atoms. The third-order valence-corrected chi connectivity index (χ3v) is 13.2. The minimum Gasteiger partial charge on any atom is -0.462 e. The molecule has 6 heteroatoms. The molecule has 0 heterocycles. The van der Waals surface area contributed by atoms with Crippen LogP contribution in [0.5, 0.6) is 0 Å². The molecule has 0 aromatic rings. The average Bonchev–Trinajstić information content (AvgIpc) is 3.35. The molecule has 0 aliphatic rings. The van der Waals surface area contributed by atoms with Gasteiger partial charge in [0.05, 0.1) is 25.2 Å². The highest BCUT2D eigenvalue weighted by molar-refractivity contribution is 5.77. The molecule has 3 atom stereocenters. The number of amides is 1. The Kier molecular flexibility index (Phi) is 54.5. The van der Waals surface area contributed by atoms with E-state index < -0.39 is 18.2 Å². The Labute approximate surface area is 433 Å². The molecule has 0 radical (unpaired) electrons.